The fourth-order valence-corrected chi connectivity index (χ4v) is 1.10. The minimum atomic E-state index is -0.152. The molecular formula is C11H17N3O. The molecule has 3 N–H and O–H groups in total. The Balaban J connectivity index is 2.58. The molecule has 0 bridgehead atoms. The quantitative estimate of drug-likeness (QED) is 0.785. The maximum atomic E-state index is 11.7. The first kappa shape index (κ1) is 11.5. The van der Waals surface area contributed by atoms with Crippen LogP contribution in [0.15, 0.2) is 18.5 Å². The van der Waals surface area contributed by atoms with Crippen LogP contribution in [0.1, 0.15) is 30.6 Å². The maximum Gasteiger partial charge on any atom is 0.254 e. The smallest absolute Gasteiger partial charge is 0.254 e. The Hall–Kier alpha value is -1.58. The Kier molecular flexibility index (Phi) is 4.09. The highest BCUT2D eigenvalue weighted by Crippen LogP contribution is 2.08. The maximum absolute atomic E-state index is 11.7. The number of nitrogen functional groups attached to an aromatic ring is 1. The molecule has 4 nitrogen and oxygen atoms in total. The van der Waals surface area contributed by atoms with Crippen LogP contribution in [0.2, 0.25) is 0 Å². The van der Waals surface area contributed by atoms with Crippen molar-refractivity contribution in [2.24, 2.45) is 5.92 Å². The molecule has 0 spiro atoms. The van der Waals surface area contributed by atoms with Crippen LogP contribution in [-0.2, 0) is 0 Å². The van der Waals surface area contributed by atoms with Crippen molar-refractivity contribution in [3.05, 3.63) is 24.0 Å². The van der Waals surface area contributed by atoms with E-state index in [1.54, 1.807) is 12.3 Å². The molecule has 1 unspecified atom stereocenters. The summed E-state index contributed by atoms with van der Waals surface area (Å²) in [7, 11) is 0. The van der Waals surface area contributed by atoms with Crippen LogP contribution in [0.4, 0.5) is 5.69 Å². The average molecular weight is 207 g/mol. The molecule has 0 radical (unpaired) electrons. The first-order chi connectivity index (χ1) is 7.15. The molecule has 0 aliphatic carbocycles. The summed E-state index contributed by atoms with van der Waals surface area (Å²) in [5.74, 6) is 0.327. The van der Waals surface area contributed by atoms with E-state index in [4.69, 9.17) is 5.73 Å². The van der Waals surface area contributed by atoms with Gasteiger partial charge in [-0.25, -0.2) is 0 Å². The molecule has 4 heteroatoms. The van der Waals surface area contributed by atoms with Crippen LogP contribution in [0, 0.1) is 5.92 Å². The monoisotopic (exact) mass is 207 g/mol. The van der Waals surface area contributed by atoms with Crippen molar-refractivity contribution >= 4 is 11.6 Å². The average Bonchev–Trinajstić information content (AvgIpc) is 2.26. The summed E-state index contributed by atoms with van der Waals surface area (Å²) in [6.07, 6.45) is 4.10. The van der Waals surface area contributed by atoms with Gasteiger partial charge in [-0.05, 0) is 12.0 Å². The van der Waals surface area contributed by atoms with E-state index < -0.39 is 0 Å². The van der Waals surface area contributed by atoms with Gasteiger partial charge in [0.1, 0.15) is 0 Å². The zero-order valence-electron chi connectivity index (χ0n) is 9.16. The second-order valence-corrected chi connectivity index (χ2v) is 3.69. The lowest BCUT2D eigenvalue weighted by Gasteiger charge is -2.10. The van der Waals surface area contributed by atoms with E-state index in [0.717, 1.165) is 6.42 Å². The molecule has 0 saturated heterocycles. The number of nitrogens with one attached hydrogen (secondary N) is 1. The summed E-state index contributed by atoms with van der Waals surface area (Å²) in [5, 5.41) is 2.83. The van der Waals surface area contributed by atoms with Crippen molar-refractivity contribution < 1.29 is 4.79 Å². The number of hydrogen-bond donors (Lipinski definition) is 2. The van der Waals surface area contributed by atoms with Gasteiger partial charge in [-0.1, -0.05) is 20.3 Å². The molecule has 1 heterocycles. The van der Waals surface area contributed by atoms with Gasteiger partial charge in [-0.2, -0.15) is 0 Å². The molecular weight excluding hydrogens is 190 g/mol. The summed E-state index contributed by atoms with van der Waals surface area (Å²) < 4.78 is 0. The summed E-state index contributed by atoms with van der Waals surface area (Å²) in [6.45, 7) is 4.85. The molecule has 0 aliphatic rings. The summed E-state index contributed by atoms with van der Waals surface area (Å²) in [5.41, 5.74) is 6.57. The number of carbonyl (C=O) groups is 1. The van der Waals surface area contributed by atoms with Crippen LogP contribution < -0.4 is 11.1 Å². The number of nitrogens with zero attached hydrogens (tertiary/aromatic N) is 1. The van der Waals surface area contributed by atoms with Gasteiger partial charge in [0, 0.05) is 24.6 Å². The number of nitrogens with two attached hydrogens (primary N) is 1. The fraction of sp³-hybridized carbons (Fsp3) is 0.455. The van der Waals surface area contributed by atoms with Crippen LogP contribution in [0.5, 0.6) is 0 Å². The molecule has 0 aliphatic heterocycles. The number of carbonyl (C=O) groups excluding carboxylic acids is 1. The highest BCUT2D eigenvalue weighted by molar-refractivity contribution is 5.98. The van der Waals surface area contributed by atoms with Crippen LogP contribution >= 0.6 is 0 Å². The minimum Gasteiger partial charge on any atom is -0.398 e. The van der Waals surface area contributed by atoms with Gasteiger partial charge < -0.3 is 11.1 Å². The molecule has 0 fully saturated rings. The second kappa shape index (κ2) is 5.34. The zero-order chi connectivity index (χ0) is 11.3. The summed E-state index contributed by atoms with van der Waals surface area (Å²) in [4.78, 5) is 15.5. The predicted molar refractivity (Wildman–Crippen MR) is 60.4 cm³/mol. The van der Waals surface area contributed by atoms with Gasteiger partial charge in [0.2, 0.25) is 0 Å². The van der Waals surface area contributed by atoms with E-state index in [1.165, 1.54) is 6.20 Å². The normalized spacial score (nSPS) is 12.1. The van der Waals surface area contributed by atoms with Gasteiger partial charge in [-0.15, -0.1) is 0 Å². The minimum absolute atomic E-state index is 0.152. The second-order valence-electron chi connectivity index (χ2n) is 3.69. The number of anilines is 1. The molecule has 1 aromatic heterocycles. The largest absolute Gasteiger partial charge is 0.398 e. The zero-order valence-corrected chi connectivity index (χ0v) is 9.16. The van der Waals surface area contributed by atoms with E-state index in [1.807, 2.05) is 0 Å². The molecule has 1 rings (SSSR count). The molecule has 0 aromatic carbocycles. The summed E-state index contributed by atoms with van der Waals surface area (Å²) >= 11 is 0. The van der Waals surface area contributed by atoms with E-state index >= 15 is 0 Å². The van der Waals surface area contributed by atoms with Crippen molar-refractivity contribution in [2.75, 3.05) is 12.3 Å². The highest BCUT2D eigenvalue weighted by Gasteiger charge is 2.09. The standard InChI is InChI=1S/C11H17N3O/c1-3-8(2)6-14-11(15)9-7-13-5-4-10(9)12/h4-5,7-8H,3,6H2,1-2H3,(H2,12,13)(H,14,15). The Morgan fingerprint density at radius 2 is 2.40 bits per heavy atom. The number of hydrogen-bond acceptors (Lipinski definition) is 3. The molecule has 0 saturated carbocycles. The van der Waals surface area contributed by atoms with Crippen molar-refractivity contribution in [3.8, 4) is 0 Å². The van der Waals surface area contributed by atoms with Crippen molar-refractivity contribution in [3.63, 3.8) is 0 Å². The van der Waals surface area contributed by atoms with Gasteiger partial charge >= 0.3 is 0 Å². The lowest BCUT2D eigenvalue weighted by molar-refractivity contribution is 0.0948. The van der Waals surface area contributed by atoms with E-state index in [-0.39, 0.29) is 5.91 Å². The fourth-order valence-electron chi connectivity index (χ4n) is 1.10. The van der Waals surface area contributed by atoms with E-state index in [0.29, 0.717) is 23.7 Å². The molecule has 1 atom stereocenters. The third kappa shape index (κ3) is 3.23. The Morgan fingerprint density at radius 3 is 3.00 bits per heavy atom. The van der Waals surface area contributed by atoms with Crippen molar-refractivity contribution in [1.29, 1.82) is 0 Å². The first-order valence-electron chi connectivity index (χ1n) is 5.12. The van der Waals surface area contributed by atoms with Crippen molar-refractivity contribution in [2.45, 2.75) is 20.3 Å². The van der Waals surface area contributed by atoms with Gasteiger partial charge in [0.05, 0.1) is 5.56 Å². The number of rotatable bonds is 4. The predicted octanol–water partition coefficient (Wildman–Crippen LogP) is 1.44. The SMILES string of the molecule is CCC(C)CNC(=O)c1cnccc1N. The number of pyridine rings is 1. The highest BCUT2D eigenvalue weighted by atomic mass is 16.1. The molecule has 82 valence electrons. The number of aromatic nitrogens is 1. The number of amides is 1. The lowest BCUT2D eigenvalue weighted by Crippen LogP contribution is -2.28. The van der Waals surface area contributed by atoms with E-state index in [2.05, 4.69) is 24.1 Å². The molecule has 1 aromatic rings. The molecule has 15 heavy (non-hydrogen) atoms. The summed E-state index contributed by atoms with van der Waals surface area (Å²) in [6, 6.07) is 1.62. The van der Waals surface area contributed by atoms with Crippen LogP contribution in [0.3, 0.4) is 0 Å². The Morgan fingerprint density at radius 1 is 1.67 bits per heavy atom. The topological polar surface area (TPSA) is 68.0 Å². The van der Waals surface area contributed by atoms with E-state index in [9.17, 15) is 4.79 Å². The third-order valence-electron chi connectivity index (χ3n) is 2.41. The van der Waals surface area contributed by atoms with Gasteiger partial charge in [0.15, 0.2) is 0 Å². The Labute approximate surface area is 89.9 Å². The van der Waals surface area contributed by atoms with Crippen LogP contribution in [0.25, 0.3) is 0 Å². The van der Waals surface area contributed by atoms with Crippen molar-refractivity contribution in [1.82, 2.24) is 10.3 Å². The third-order valence-corrected chi connectivity index (χ3v) is 2.41. The lowest BCUT2D eigenvalue weighted by atomic mass is 10.1. The van der Waals surface area contributed by atoms with Gasteiger partial charge in [0.25, 0.3) is 5.91 Å². The van der Waals surface area contributed by atoms with Crippen LogP contribution in [-0.4, -0.2) is 17.4 Å². The Bertz CT molecular complexity index is 338. The molecule has 1 amide bonds. The van der Waals surface area contributed by atoms with Gasteiger partial charge in [-0.3, -0.25) is 9.78 Å². The first-order valence-corrected chi connectivity index (χ1v) is 5.12.